The molecular weight excluding hydrogens is 110 g/mol. The molecule has 1 nitrogen and oxygen atoms in total. The second kappa shape index (κ2) is 2.18. The van der Waals surface area contributed by atoms with E-state index in [0.29, 0.717) is 0 Å². The zero-order valence-corrected chi connectivity index (χ0v) is 6.15. The Bertz CT molecular complexity index is 216. The topological polar surface area (TPSA) is 14.1 Å². The fourth-order valence-electron chi connectivity index (χ4n) is 0.811. The summed E-state index contributed by atoms with van der Waals surface area (Å²) in [7, 11) is 0. The first-order valence-electron chi connectivity index (χ1n) is 3.16. The molecule has 9 heavy (non-hydrogen) atoms. The molecule has 0 saturated heterocycles. The fourth-order valence-corrected chi connectivity index (χ4v) is 0.811. The summed E-state index contributed by atoms with van der Waals surface area (Å²) in [5.41, 5.74) is 3.80. The van der Waals surface area contributed by atoms with Crippen LogP contribution in [-0.2, 0) is 0 Å². The lowest BCUT2D eigenvalue weighted by Crippen LogP contribution is -2.12. The summed E-state index contributed by atoms with van der Waals surface area (Å²) in [6.07, 6.45) is 0. The lowest BCUT2D eigenvalue weighted by Gasteiger charge is -1.90. The van der Waals surface area contributed by atoms with Crippen LogP contribution in [0.3, 0.4) is 0 Å². The summed E-state index contributed by atoms with van der Waals surface area (Å²) in [5.74, 6) is 0. The monoisotopic (exact) mass is 122 g/mol. The molecular formula is C8H12N+. The predicted molar refractivity (Wildman–Crippen MR) is 37.2 cm³/mol. The van der Waals surface area contributed by atoms with Gasteiger partial charge in [-0.05, 0) is 13.0 Å². The van der Waals surface area contributed by atoms with Crippen LogP contribution in [0.1, 0.15) is 17.0 Å². The summed E-state index contributed by atoms with van der Waals surface area (Å²) in [5, 5.41) is 0. The fraction of sp³-hybridized carbons (Fsp3) is 0.375. The standard InChI is InChI=1S/C8H11N/c1-6-4-5-7(2)9-8(6)3/h4-5H,1-3H3/p+1. The van der Waals surface area contributed by atoms with E-state index in [1.807, 2.05) is 0 Å². The Morgan fingerprint density at radius 1 is 1.11 bits per heavy atom. The number of aromatic nitrogens is 1. The minimum atomic E-state index is 1.22. The maximum Gasteiger partial charge on any atom is 0.179 e. The first-order chi connectivity index (χ1) is 4.20. The molecule has 0 radical (unpaired) electrons. The Kier molecular flexibility index (Phi) is 1.52. The highest BCUT2D eigenvalue weighted by Crippen LogP contribution is 1.98. The van der Waals surface area contributed by atoms with Crippen molar-refractivity contribution in [3.05, 3.63) is 29.1 Å². The molecule has 0 amide bonds. The molecule has 0 bridgehead atoms. The predicted octanol–water partition coefficient (Wildman–Crippen LogP) is 1.43. The van der Waals surface area contributed by atoms with E-state index in [0.717, 1.165) is 0 Å². The zero-order chi connectivity index (χ0) is 6.85. The van der Waals surface area contributed by atoms with Gasteiger partial charge in [0.2, 0.25) is 0 Å². The van der Waals surface area contributed by atoms with E-state index in [-0.39, 0.29) is 0 Å². The number of hydrogen-bond acceptors (Lipinski definition) is 0. The Morgan fingerprint density at radius 2 is 1.78 bits per heavy atom. The van der Waals surface area contributed by atoms with Crippen molar-refractivity contribution in [2.24, 2.45) is 0 Å². The van der Waals surface area contributed by atoms with Gasteiger partial charge in [-0.25, -0.2) is 4.98 Å². The van der Waals surface area contributed by atoms with Gasteiger partial charge in [-0.1, -0.05) is 0 Å². The molecule has 1 N–H and O–H groups in total. The quantitative estimate of drug-likeness (QED) is 0.494. The van der Waals surface area contributed by atoms with Gasteiger partial charge in [0.25, 0.3) is 0 Å². The zero-order valence-electron chi connectivity index (χ0n) is 6.15. The summed E-state index contributed by atoms with van der Waals surface area (Å²) < 4.78 is 0. The van der Waals surface area contributed by atoms with Gasteiger partial charge in [0.05, 0.1) is 0 Å². The van der Waals surface area contributed by atoms with Crippen molar-refractivity contribution >= 4 is 0 Å². The Hall–Kier alpha value is -0.850. The molecule has 0 unspecified atom stereocenters. The van der Waals surface area contributed by atoms with Gasteiger partial charge < -0.3 is 0 Å². The highest BCUT2D eigenvalue weighted by atomic mass is 14.7. The number of rotatable bonds is 0. The SMILES string of the molecule is Cc1ccc(C)c(C)[nH+]1. The number of hydrogen-bond donors (Lipinski definition) is 0. The van der Waals surface area contributed by atoms with Crippen LogP contribution in [0.5, 0.6) is 0 Å². The van der Waals surface area contributed by atoms with E-state index in [9.17, 15) is 0 Å². The van der Waals surface area contributed by atoms with Crippen molar-refractivity contribution in [3.63, 3.8) is 0 Å². The van der Waals surface area contributed by atoms with Crippen LogP contribution < -0.4 is 4.98 Å². The maximum atomic E-state index is 3.24. The largest absolute Gasteiger partial charge is 0.213 e. The summed E-state index contributed by atoms with van der Waals surface area (Å²) in [6, 6.07) is 4.21. The van der Waals surface area contributed by atoms with Crippen LogP contribution >= 0.6 is 0 Å². The van der Waals surface area contributed by atoms with Gasteiger partial charge in [-0.3, -0.25) is 0 Å². The van der Waals surface area contributed by atoms with Crippen LogP contribution in [0.4, 0.5) is 0 Å². The Labute approximate surface area is 55.7 Å². The third-order valence-electron chi connectivity index (χ3n) is 1.56. The lowest BCUT2D eigenvalue weighted by atomic mass is 10.2. The number of H-pyrrole nitrogens is 1. The molecule has 1 aromatic rings. The molecule has 0 saturated carbocycles. The van der Waals surface area contributed by atoms with E-state index in [1.165, 1.54) is 17.0 Å². The van der Waals surface area contributed by atoms with Crippen molar-refractivity contribution in [2.45, 2.75) is 20.8 Å². The molecule has 1 rings (SSSR count). The Morgan fingerprint density at radius 3 is 2.22 bits per heavy atom. The molecule has 0 aliphatic rings. The smallest absolute Gasteiger partial charge is 0.179 e. The van der Waals surface area contributed by atoms with Crippen LogP contribution in [0.2, 0.25) is 0 Å². The molecule has 0 aromatic carbocycles. The summed E-state index contributed by atoms with van der Waals surface area (Å²) in [4.78, 5) is 3.24. The van der Waals surface area contributed by atoms with Gasteiger partial charge in [-0.15, -0.1) is 0 Å². The van der Waals surface area contributed by atoms with Crippen LogP contribution in [0.25, 0.3) is 0 Å². The minimum Gasteiger partial charge on any atom is -0.213 e. The number of pyridine rings is 1. The molecule has 0 aliphatic heterocycles. The van der Waals surface area contributed by atoms with E-state index in [1.54, 1.807) is 0 Å². The minimum absolute atomic E-state index is 1.22. The van der Waals surface area contributed by atoms with E-state index >= 15 is 0 Å². The van der Waals surface area contributed by atoms with Crippen molar-refractivity contribution in [1.29, 1.82) is 0 Å². The van der Waals surface area contributed by atoms with Crippen molar-refractivity contribution in [2.75, 3.05) is 0 Å². The van der Waals surface area contributed by atoms with E-state index < -0.39 is 0 Å². The van der Waals surface area contributed by atoms with Crippen LogP contribution in [0, 0.1) is 20.8 Å². The highest BCUT2D eigenvalue weighted by molar-refractivity contribution is 5.13. The second-order valence-electron chi connectivity index (χ2n) is 2.45. The van der Waals surface area contributed by atoms with Gasteiger partial charge in [0.1, 0.15) is 0 Å². The number of aryl methyl sites for hydroxylation is 3. The maximum absolute atomic E-state index is 3.24. The van der Waals surface area contributed by atoms with Gasteiger partial charge in [0.15, 0.2) is 11.4 Å². The van der Waals surface area contributed by atoms with Crippen molar-refractivity contribution < 1.29 is 4.98 Å². The Balaban J connectivity index is 3.17. The summed E-state index contributed by atoms with van der Waals surface area (Å²) in [6.45, 7) is 6.25. The molecule has 1 aromatic heterocycles. The molecule has 1 heterocycles. The first kappa shape index (κ1) is 6.27. The lowest BCUT2D eigenvalue weighted by molar-refractivity contribution is -0.397. The third-order valence-corrected chi connectivity index (χ3v) is 1.56. The van der Waals surface area contributed by atoms with Crippen molar-refractivity contribution in [3.8, 4) is 0 Å². The van der Waals surface area contributed by atoms with Gasteiger partial charge >= 0.3 is 0 Å². The van der Waals surface area contributed by atoms with Crippen LogP contribution in [0.15, 0.2) is 12.1 Å². The second-order valence-corrected chi connectivity index (χ2v) is 2.45. The molecule has 0 spiro atoms. The van der Waals surface area contributed by atoms with Gasteiger partial charge in [0, 0.05) is 25.5 Å². The van der Waals surface area contributed by atoms with E-state index in [2.05, 4.69) is 37.9 Å². The average Bonchev–Trinajstić information content (AvgIpc) is 1.80. The first-order valence-corrected chi connectivity index (χ1v) is 3.16. The highest BCUT2D eigenvalue weighted by Gasteiger charge is 1.98. The number of aromatic amines is 1. The van der Waals surface area contributed by atoms with Gasteiger partial charge in [-0.2, -0.15) is 0 Å². The number of nitrogens with one attached hydrogen (secondary N) is 1. The summed E-state index contributed by atoms with van der Waals surface area (Å²) >= 11 is 0. The van der Waals surface area contributed by atoms with Crippen LogP contribution in [-0.4, -0.2) is 0 Å². The molecule has 0 fully saturated rings. The molecule has 48 valence electrons. The van der Waals surface area contributed by atoms with Crippen molar-refractivity contribution in [1.82, 2.24) is 0 Å². The molecule has 0 atom stereocenters. The normalized spacial score (nSPS) is 9.67. The van der Waals surface area contributed by atoms with E-state index in [4.69, 9.17) is 0 Å². The average molecular weight is 122 g/mol. The molecule has 1 heteroatoms. The third kappa shape index (κ3) is 1.28. The molecule has 0 aliphatic carbocycles.